The number of hydrogen-bond acceptors (Lipinski definition) is 3. The Hall–Kier alpha value is -2.83. The van der Waals surface area contributed by atoms with E-state index in [1.54, 1.807) is 29.1 Å². The number of nitrogens with zero attached hydrogens (tertiary/aromatic N) is 3. The number of benzene rings is 2. The number of hydrogen-bond donors (Lipinski definition) is 2. The second kappa shape index (κ2) is 10.3. The van der Waals surface area contributed by atoms with Crippen LogP contribution in [0.2, 0.25) is 0 Å². The lowest BCUT2D eigenvalue weighted by Crippen LogP contribution is -2.31. The van der Waals surface area contributed by atoms with Crippen molar-refractivity contribution in [2.24, 2.45) is 10.7 Å². The van der Waals surface area contributed by atoms with Crippen LogP contribution in [0.1, 0.15) is 11.3 Å². The molecule has 3 N–H and O–H groups in total. The van der Waals surface area contributed by atoms with Gasteiger partial charge in [0.1, 0.15) is 11.6 Å². The van der Waals surface area contributed by atoms with Gasteiger partial charge < -0.3 is 15.8 Å². The molecule has 1 heterocycles. The van der Waals surface area contributed by atoms with E-state index in [0.29, 0.717) is 17.8 Å². The van der Waals surface area contributed by atoms with Crippen LogP contribution in [0, 0.1) is 5.82 Å². The van der Waals surface area contributed by atoms with Gasteiger partial charge in [-0.15, -0.1) is 37.1 Å². The van der Waals surface area contributed by atoms with Crippen LogP contribution in [0.4, 0.5) is 17.6 Å². The minimum atomic E-state index is -4.72. The monoisotopic (exact) mass is 535 g/mol. The third-order valence-electron chi connectivity index (χ3n) is 3.78. The number of alkyl halides is 3. The molecule has 2 aromatic carbocycles. The first-order valence-corrected chi connectivity index (χ1v) is 8.47. The highest BCUT2D eigenvalue weighted by Gasteiger charge is 2.30. The molecule has 30 heavy (non-hydrogen) atoms. The summed E-state index contributed by atoms with van der Waals surface area (Å²) in [5.41, 5.74) is 7.89. The van der Waals surface area contributed by atoms with Crippen molar-refractivity contribution in [3.8, 4) is 11.4 Å². The summed E-state index contributed by atoms with van der Waals surface area (Å²) in [6, 6.07) is 13.1. The Morgan fingerprint density at radius 3 is 2.37 bits per heavy atom. The van der Waals surface area contributed by atoms with Gasteiger partial charge in [0.15, 0.2) is 5.96 Å². The van der Waals surface area contributed by atoms with Crippen molar-refractivity contribution in [3.63, 3.8) is 0 Å². The molecular formula is C19H18F4IN5O. The molecule has 0 aliphatic heterocycles. The molecule has 0 atom stereocenters. The van der Waals surface area contributed by atoms with Crippen molar-refractivity contribution in [1.29, 1.82) is 0 Å². The highest BCUT2D eigenvalue weighted by Crippen LogP contribution is 2.22. The molecule has 0 fully saturated rings. The lowest BCUT2D eigenvalue weighted by Gasteiger charge is -2.09. The first kappa shape index (κ1) is 23.4. The maximum Gasteiger partial charge on any atom is 0.573 e. The van der Waals surface area contributed by atoms with E-state index in [0.717, 1.165) is 5.69 Å². The largest absolute Gasteiger partial charge is 0.573 e. The van der Waals surface area contributed by atoms with E-state index >= 15 is 0 Å². The normalized spacial score (nSPS) is 11.7. The SMILES string of the molecule is I.NC(=NCc1ccc(OC(F)(F)F)cc1)NCc1ccn(-c2ccc(F)cc2)n1. The summed E-state index contributed by atoms with van der Waals surface area (Å²) in [7, 11) is 0. The summed E-state index contributed by atoms with van der Waals surface area (Å²) in [5.74, 6) is -0.459. The fourth-order valence-electron chi connectivity index (χ4n) is 2.40. The molecule has 0 aliphatic rings. The fourth-order valence-corrected chi connectivity index (χ4v) is 2.40. The van der Waals surface area contributed by atoms with Gasteiger partial charge in [0, 0.05) is 6.20 Å². The van der Waals surface area contributed by atoms with Gasteiger partial charge in [-0.05, 0) is 48.0 Å². The number of aliphatic imine (C=N–C) groups is 1. The van der Waals surface area contributed by atoms with Gasteiger partial charge >= 0.3 is 6.36 Å². The standard InChI is InChI=1S/C19H17F4N5O.HI/c20-14-3-5-16(6-4-14)28-10-9-15(27-28)12-26-18(24)25-11-13-1-7-17(8-2-13)29-19(21,22)23;/h1-10H,11-12H2,(H3,24,25,26);1H. The molecular weight excluding hydrogens is 517 g/mol. The van der Waals surface area contributed by atoms with E-state index in [9.17, 15) is 17.6 Å². The van der Waals surface area contributed by atoms with Crippen molar-refractivity contribution in [1.82, 2.24) is 15.1 Å². The molecule has 6 nitrogen and oxygen atoms in total. The third-order valence-corrected chi connectivity index (χ3v) is 3.78. The summed E-state index contributed by atoms with van der Waals surface area (Å²) >= 11 is 0. The van der Waals surface area contributed by atoms with Crippen LogP contribution in [-0.2, 0) is 13.1 Å². The van der Waals surface area contributed by atoms with Crippen molar-refractivity contribution in [2.75, 3.05) is 0 Å². The van der Waals surface area contributed by atoms with Gasteiger partial charge in [-0.1, -0.05) is 12.1 Å². The molecule has 11 heteroatoms. The quantitative estimate of drug-likeness (QED) is 0.216. The highest BCUT2D eigenvalue weighted by atomic mass is 127. The number of ether oxygens (including phenoxy) is 1. The summed E-state index contributed by atoms with van der Waals surface area (Å²) in [6.07, 6.45) is -2.99. The molecule has 0 amide bonds. The topological polar surface area (TPSA) is 77.5 Å². The van der Waals surface area contributed by atoms with Crippen LogP contribution >= 0.6 is 24.0 Å². The summed E-state index contributed by atoms with van der Waals surface area (Å²) < 4.78 is 54.8. The lowest BCUT2D eigenvalue weighted by atomic mass is 10.2. The van der Waals surface area contributed by atoms with Crippen molar-refractivity contribution < 1.29 is 22.3 Å². The molecule has 0 unspecified atom stereocenters. The second-order valence-corrected chi connectivity index (χ2v) is 5.97. The van der Waals surface area contributed by atoms with E-state index in [2.05, 4.69) is 20.1 Å². The molecule has 0 spiro atoms. The van der Waals surface area contributed by atoms with Crippen LogP contribution in [0.25, 0.3) is 5.69 Å². The van der Waals surface area contributed by atoms with Gasteiger partial charge in [-0.2, -0.15) is 5.10 Å². The Morgan fingerprint density at radius 2 is 1.73 bits per heavy atom. The summed E-state index contributed by atoms with van der Waals surface area (Å²) in [4.78, 5) is 4.13. The highest BCUT2D eigenvalue weighted by molar-refractivity contribution is 14.0. The number of nitrogens with one attached hydrogen (secondary N) is 1. The van der Waals surface area contributed by atoms with Crippen LogP contribution in [0.5, 0.6) is 5.75 Å². The molecule has 160 valence electrons. The maximum absolute atomic E-state index is 13.0. The van der Waals surface area contributed by atoms with E-state index in [-0.39, 0.29) is 48.0 Å². The Balaban J connectivity index is 0.00000320. The van der Waals surface area contributed by atoms with Gasteiger partial charge in [0.05, 0.1) is 24.5 Å². The number of guanidine groups is 1. The van der Waals surface area contributed by atoms with Crippen molar-refractivity contribution >= 4 is 29.9 Å². The van der Waals surface area contributed by atoms with Gasteiger partial charge in [-0.25, -0.2) is 14.1 Å². The van der Waals surface area contributed by atoms with Crippen LogP contribution < -0.4 is 15.8 Å². The van der Waals surface area contributed by atoms with E-state index in [1.165, 1.54) is 36.4 Å². The smallest absolute Gasteiger partial charge is 0.406 e. The minimum absolute atomic E-state index is 0. The number of rotatable bonds is 6. The molecule has 0 radical (unpaired) electrons. The first-order chi connectivity index (χ1) is 13.8. The molecule has 0 bridgehead atoms. The summed E-state index contributed by atoms with van der Waals surface area (Å²) in [5, 5.41) is 7.26. The third kappa shape index (κ3) is 7.21. The minimum Gasteiger partial charge on any atom is -0.406 e. The molecule has 0 saturated heterocycles. The predicted octanol–water partition coefficient (Wildman–Crippen LogP) is 4.13. The average Bonchev–Trinajstić information content (AvgIpc) is 3.14. The second-order valence-electron chi connectivity index (χ2n) is 5.97. The molecule has 0 aliphatic carbocycles. The average molecular weight is 535 g/mol. The molecule has 0 saturated carbocycles. The Morgan fingerprint density at radius 1 is 1.07 bits per heavy atom. The van der Waals surface area contributed by atoms with E-state index < -0.39 is 6.36 Å². The van der Waals surface area contributed by atoms with Gasteiger partial charge in [-0.3, -0.25) is 0 Å². The first-order valence-electron chi connectivity index (χ1n) is 8.47. The molecule has 3 rings (SSSR count). The van der Waals surface area contributed by atoms with Crippen LogP contribution in [0.3, 0.4) is 0 Å². The van der Waals surface area contributed by atoms with E-state index in [1.807, 2.05) is 0 Å². The van der Waals surface area contributed by atoms with E-state index in [4.69, 9.17) is 5.73 Å². The lowest BCUT2D eigenvalue weighted by molar-refractivity contribution is -0.274. The fraction of sp³-hybridized carbons (Fsp3) is 0.158. The zero-order chi connectivity index (χ0) is 20.9. The Labute approximate surface area is 186 Å². The number of halogens is 5. The Kier molecular flexibility index (Phi) is 8.03. The zero-order valence-electron chi connectivity index (χ0n) is 15.4. The molecule has 1 aromatic heterocycles. The zero-order valence-corrected chi connectivity index (χ0v) is 17.8. The number of nitrogens with two attached hydrogens (primary N) is 1. The van der Waals surface area contributed by atoms with Crippen LogP contribution in [-0.4, -0.2) is 22.1 Å². The predicted molar refractivity (Wildman–Crippen MR) is 114 cm³/mol. The van der Waals surface area contributed by atoms with Crippen LogP contribution in [0.15, 0.2) is 65.8 Å². The van der Waals surface area contributed by atoms with Crippen molar-refractivity contribution in [3.05, 3.63) is 77.9 Å². The Bertz CT molecular complexity index is 972. The van der Waals surface area contributed by atoms with Gasteiger partial charge in [0.2, 0.25) is 0 Å². The maximum atomic E-state index is 13.0. The number of aromatic nitrogens is 2. The van der Waals surface area contributed by atoms with Crippen molar-refractivity contribution in [2.45, 2.75) is 19.5 Å². The molecule has 3 aromatic rings. The van der Waals surface area contributed by atoms with Gasteiger partial charge in [0.25, 0.3) is 0 Å². The summed E-state index contributed by atoms with van der Waals surface area (Å²) in [6.45, 7) is 0.511.